The number of aliphatic hydroxyl groups excluding tert-OH is 1. The molecule has 29 heavy (non-hydrogen) atoms. The zero-order valence-electron chi connectivity index (χ0n) is 16.3. The van der Waals surface area contributed by atoms with Crippen LogP contribution in [-0.2, 0) is 4.79 Å². The molecule has 9 heteroatoms. The van der Waals surface area contributed by atoms with Gasteiger partial charge in [-0.1, -0.05) is 12.1 Å². The number of methoxy groups -OCH3 is 1. The number of amides is 1. The number of rotatable bonds is 7. The molecule has 1 saturated carbocycles. The number of benzene rings is 1. The second-order valence-electron chi connectivity index (χ2n) is 6.70. The maximum atomic E-state index is 11.9. The van der Waals surface area contributed by atoms with E-state index in [1.807, 2.05) is 12.1 Å². The molecule has 2 aromatic rings. The molecule has 1 aliphatic rings. The topological polar surface area (TPSA) is 152 Å². The van der Waals surface area contributed by atoms with Gasteiger partial charge in [0.2, 0.25) is 0 Å². The molecule has 0 saturated heterocycles. The number of ether oxygens (including phenoxy) is 1. The van der Waals surface area contributed by atoms with E-state index in [1.165, 1.54) is 13.0 Å². The van der Waals surface area contributed by atoms with Gasteiger partial charge < -0.3 is 26.6 Å². The van der Waals surface area contributed by atoms with E-state index in [0.717, 1.165) is 24.0 Å². The predicted molar refractivity (Wildman–Crippen MR) is 111 cm³/mol. The van der Waals surface area contributed by atoms with E-state index in [2.05, 4.69) is 20.5 Å². The fourth-order valence-electron chi connectivity index (χ4n) is 2.73. The summed E-state index contributed by atoms with van der Waals surface area (Å²) in [7, 11) is 1.55. The Morgan fingerprint density at radius 3 is 2.76 bits per heavy atom. The van der Waals surface area contributed by atoms with E-state index in [1.54, 1.807) is 25.6 Å². The first-order valence-electron chi connectivity index (χ1n) is 9.09. The van der Waals surface area contributed by atoms with E-state index in [9.17, 15) is 9.90 Å². The summed E-state index contributed by atoms with van der Waals surface area (Å²) in [6.45, 7) is 1.45. The molecule has 0 bridgehead atoms. The lowest BCUT2D eigenvalue weighted by Crippen LogP contribution is -2.18. The van der Waals surface area contributed by atoms with Crippen molar-refractivity contribution in [3.8, 4) is 16.9 Å². The van der Waals surface area contributed by atoms with Gasteiger partial charge in [-0.05, 0) is 25.8 Å². The highest BCUT2D eigenvalue weighted by molar-refractivity contribution is 6.02. The summed E-state index contributed by atoms with van der Waals surface area (Å²) in [5.41, 5.74) is 14.5. The molecule has 152 valence electrons. The average Bonchev–Trinajstić information content (AvgIpc) is 3.41. The largest absolute Gasteiger partial charge is 0.510 e. The molecule has 1 amide bonds. The third kappa shape index (κ3) is 4.75. The minimum absolute atomic E-state index is 0.00134. The van der Waals surface area contributed by atoms with Crippen LogP contribution in [-0.4, -0.2) is 34.2 Å². The highest BCUT2D eigenvalue weighted by atomic mass is 16.5. The summed E-state index contributed by atoms with van der Waals surface area (Å²) >= 11 is 0. The Bertz CT molecular complexity index is 984. The van der Waals surface area contributed by atoms with Crippen LogP contribution in [0.15, 0.2) is 58.8 Å². The Balaban J connectivity index is 1.98. The molecule has 0 spiro atoms. The normalized spacial score (nSPS) is 15.7. The van der Waals surface area contributed by atoms with Gasteiger partial charge in [0, 0.05) is 29.3 Å². The smallest absolute Gasteiger partial charge is 0.250 e. The minimum atomic E-state index is -0.249. The molecule has 1 aliphatic carbocycles. The monoisotopic (exact) mass is 396 g/mol. The van der Waals surface area contributed by atoms with Gasteiger partial charge in [-0.15, -0.1) is 0 Å². The number of hydrogen-bond acceptors (Lipinski definition) is 6. The Morgan fingerprint density at radius 1 is 1.41 bits per heavy atom. The number of aliphatic imine (C=N–C) groups is 1. The Morgan fingerprint density at radius 2 is 2.17 bits per heavy atom. The van der Waals surface area contributed by atoms with Crippen LogP contribution in [0.4, 0.5) is 5.69 Å². The van der Waals surface area contributed by atoms with Crippen molar-refractivity contribution in [2.45, 2.75) is 19.8 Å². The van der Waals surface area contributed by atoms with Crippen molar-refractivity contribution in [1.82, 2.24) is 10.2 Å². The molecular formula is C20H24N6O3. The lowest BCUT2D eigenvalue weighted by atomic mass is 10.1. The van der Waals surface area contributed by atoms with E-state index >= 15 is 0 Å². The molecular weight excluding hydrogens is 372 g/mol. The highest BCUT2D eigenvalue weighted by Crippen LogP contribution is 2.37. The van der Waals surface area contributed by atoms with Crippen molar-refractivity contribution in [3.05, 3.63) is 53.8 Å². The SMILES string of the molecule is COc1c(NC(=C/C(N)=NC(=O)C2CC2)/C(N)=C(/C)O)cccc1-c1cn[nH]c1. The number of aromatic amines is 1. The number of anilines is 1. The van der Waals surface area contributed by atoms with Crippen molar-refractivity contribution in [1.29, 1.82) is 0 Å². The molecule has 7 N–H and O–H groups in total. The molecule has 3 rings (SSSR count). The number of carbonyl (C=O) groups excluding carboxylic acids is 1. The van der Waals surface area contributed by atoms with Gasteiger partial charge in [0.05, 0.1) is 30.4 Å². The molecule has 1 aromatic heterocycles. The van der Waals surface area contributed by atoms with E-state index in [-0.39, 0.29) is 34.8 Å². The third-order valence-electron chi connectivity index (χ3n) is 4.44. The Kier molecular flexibility index (Phi) is 5.87. The summed E-state index contributed by atoms with van der Waals surface area (Å²) in [5.74, 6) is 0.153. The molecule has 1 aromatic carbocycles. The van der Waals surface area contributed by atoms with E-state index < -0.39 is 0 Å². The highest BCUT2D eigenvalue weighted by Gasteiger charge is 2.29. The lowest BCUT2D eigenvalue weighted by molar-refractivity contribution is -0.118. The maximum absolute atomic E-state index is 11.9. The van der Waals surface area contributed by atoms with E-state index in [4.69, 9.17) is 16.2 Å². The molecule has 0 atom stereocenters. The number of H-pyrrole nitrogens is 1. The van der Waals surface area contributed by atoms with Crippen molar-refractivity contribution in [2.75, 3.05) is 12.4 Å². The number of para-hydroxylation sites is 1. The van der Waals surface area contributed by atoms with Crippen LogP contribution in [0.2, 0.25) is 0 Å². The number of aromatic nitrogens is 2. The first kappa shape index (κ1) is 20.0. The lowest BCUT2D eigenvalue weighted by Gasteiger charge is -2.17. The Hall–Kier alpha value is -3.75. The number of carbonyl (C=O) groups is 1. The summed E-state index contributed by atoms with van der Waals surface area (Å²) < 4.78 is 5.58. The summed E-state index contributed by atoms with van der Waals surface area (Å²) in [5, 5.41) is 19.7. The number of nitrogens with one attached hydrogen (secondary N) is 2. The standard InChI is InChI=1S/C20H24N6O3/c1-11(27)18(22)16(8-17(21)26-20(28)12-6-7-12)25-15-5-3-4-14(19(15)29-2)13-9-23-24-10-13/h3-5,8-10,12,25,27H,6-7,22H2,1-2H3,(H,23,24)(H2,21,26,28)/b16-8+,18-11+. The molecule has 0 radical (unpaired) electrons. The molecule has 1 heterocycles. The van der Waals surface area contributed by atoms with Crippen molar-refractivity contribution >= 4 is 17.4 Å². The maximum Gasteiger partial charge on any atom is 0.250 e. The van der Waals surface area contributed by atoms with E-state index in [0.29, 0.717) is 11.4 Å². The van der Waals surface area contributed by atoms with Gasteiger partial charge in [0.25, 0.3) is 5.91 Å². The van der Waals surface area contributed by atoms with Gasteiger partial charge >= 0.3 is 0 Å². The summed E-state index contributed by atoms with van der Waals surface area (Å²) in [4.78, 5) is 15.8. The van der Waals surface area contributed by atoms with Crippen LogP contribution < -0.4 is 21.5 Å². The number of allylic oxidation sites excluding steroid dienone is 1. The van der Waals surface area contributed by atoms with Crippen molar-refractivity contribution in [2.24, 2.45) is 22.4 Å². The van der Waals surface area contributed by atoms with Gasteiger partial charge in [-0.25, -0.2) is 0 Å². The van der Waals surface area contributed by atoms with Crippen LogP contribution in [0, 0.1) is 5.92 Å². The average molecular weight is 396 g/mol. The van der Waals surface area contributed by atoms with Crippen LogP contribution in [0.1, 0.15) is 19.8 Å². The van der Waals surface area contributed by atoms with Gasteiger partial charge in [0.15, 0.2) is 0 Å². The van der Waals surface area contributed by atoms with Crippen LogP contribution in [0.3, 0.4) is 0 Å². The number of hydrogen-bond donors (Lipinski definition) is 5. The number of nitrogens with two attached hydrogens (primary N) is 2. The quantitative estimate of drug-likeness (QED) is 0.209. The molecule has 1 fully saturated rings. The summed E-state index contributed by atoms with van der Waals surface area (Å²) in [6.07, 6.45) is 6.51. The first-order chi connectivity index (χ1) is 13.9. The second-order valence-corrected chi connectivity index (χ2v) is 6.70. The third-order valence-corrected chi connectivity index (χ3v) is 4.44. The fraction of sp³-hybridized carbons (Fsp3) is 0.250. The second kappa shape index (κ2) is 8.51. The zero-order valence-corrected chi connectivity index (χ0v) is 16.3. The van der Waals surface area contributed by atoms with Crippen LogP contribution in [0.25, 0.3) is 11.1 Å². The van der Waals surface area contributed by atoms with Gasteiger partial charge in [0.1, 0.15) is 17.3 Å². The molecule has 0 aliphatic heterocycles. The first-order valence-corrected chi connectivity index (χ1v) is 9.09. The van der Waals surface area contributed by atoms with Crippen molar-refractivity contribution in [3.63, 3.8) is 0 Å². The number of nitrogens with zero attached hydrogens (tertiary/aromatic N) is 2. The van der Waals surface area contributed by atoms with Crippen LogP contribution in [0.5, 0.6) is 5.75 Å². The van der Waals surface area contributed by atoms with Gasteiger partial charge in [-0.3, -0.25) is 9.89 Å². The Labute approximate surface area is 168 Å². The predicted octanol–water partition coefficient (Wildman–Crippen LogP) is 2.42. The zero-order chi connectivity index (χ0) is 21.0. The number of aliphatic hydroxyl groups is 1. The summed E-state index contributed by atoms with van der Waals surface area (Å²) in [6, 6.07) is 5.52. The molecule has 9 nitrogen and oxygen atoms in total. The minimum Gasteiger partial charge on any atom is -0.510 e. The fourth-order valence-corrected chi connectivity index (χ4v) is 2.73. The number of amidine groups is 1. The van der Waals surface area contributed by atoms with Crippen LogP contribution >= 0.6 is 0 Å². The van der Waals surface area contributed by atoms with Gasteiger partial charge in [-0.2, -0.15) is 10.1 Å². The van der Waals surface area contributed by atoms with Crippen molar-refractivity contribution < 1.29 is 14.6 Å². The molecule has 0 unspecified atom stereocenters.